The Morgan fingerprint density at radius 3 is 2.39 bits per heavy atom. The van der Waals surface area contributed by atoms with Crippen LogP contribution >= 0.6 is 11.3 Å². The summed E-state index contributed by atoms with van der Waals surface area (Å²) in [4.78, 5) is 2.28. The van der Waals surface area contributed by atoms with Crippen LogP contribution in [0.3, 0.4) is 0 Å². The van der Waals surface area contributed by atoms with Crippen LogP contribution in [0.1, 0.15) is 10.4 Å². The van der Waals surface area contributed by atoms with Gasteiger partial charge in [-0.15, -0.1) is 11.3 Å². The van der Waals surface area contributed by atoms with E-state index in [0.717, 1.165) is 22.3 Å². The van der Waals surface area contributed by atoms with Crippen molar-refractivity contribution >= 4 is 27.0 Å². The number of sulfonamides is 1. The molecular formula is C13H15NO2S2. The first kappa shape index (κ1) is 13.1. The van der Waals surface area contributed by atoms with Gasteiger partial charge >= 0.3 is 0 Å². The van der Waals surface area contributed by atoms with Crippen LogP contribution in [0.2, 0.25) is 0 Å². The zero-order valence-corrected chi connectivity index (χ0v) is 12.2. The molecule has 0 saturated heterocycles. The first-order valence-electron chi connectivity index (χ1n) is 5.50. The Bertz CT molecular complexity index is 672. The maximum atomic E-state index is 11.4. The van der Waals surface area contributed by atoms with Crippen molar-refractivity contribution in [3.8, 4) is 10.4 Å². The van der Waals surface area contributed by atoms with Gasteiger partial charge in [-0.25, -0.2) is 8.42 Å². The number of thiophene rings is 1. The minimum atomic E-state index is -3.26. The summed E-state index contributed by atoms with van der Waals surface area (Å²) in [6, 6.07) is 9.76. The van der Waals surface area contributed by atoms with Crippen LogP contribution in [0.25, 0.3) is 10.4 Å². The molecule has 1 aromatic carbocycles. The second kappa shape index (κ2) is 4.74. The predicted octanol–water partition coefficient (Wildman–Crippen LogP) is 3.40. The molecule has 1 aromatic heterocycles. The van der Waals surface area contributed by atoms with Crippen LogP contribution in [-0.2, 0) is 10.0 Å². The third-order valence-corrected chi connectivity index (χ3v) is 4.10. The molecule has 0 aliphatic heterocycles. The van der Waals surface area contributed by atoms with E-state index in [0.29, 0.717) is 5.69 Å². The zero-order valence-electron chi connectivity index (χ0n) is 10.5. The molecule has 0 unspecified atom stereocenters. The number of anilines is 1. The largest absolute Gasteiger partial charge is 0.283 e. The van der Waals surface area contributed by atoms with Crippen molar-refractivity contribution in [2.24, 2.45) is 0 Å². The molecule has 2 aromatic rings. The molecule has 18 heavy (non-hydrogen) atoms. The molecule has 0 saturated carbocycles. The first-order valence-corrected chi connectivity index (χ1v) is 8.21. The van der Waals surface area contributed by atoms with Crippen molar-refractivity contribution < 1.29 is 8.42 Å². The number of hydrogen-bond donors (Lipinski definition) is 1. The molecule has 1 N–H and O–H groups in total. The maximum Gasteiger partial charge on any atom is 0.229 e. The van der Waals surface area contributed by atoms with Crippen molar-refractivity contribution in [1.29, 1.82) is 0 Å². The van der Waals surface area contributed by atoms with Crippen molar-refractivity contribution in [3.63, 3.8) is 0 Å². The molecule has 0 aliphatic carbocycles. The highest BCUT2D eigenvalue weighted by atomic mass is 32.2. The van der Waals surface area contributed by atoms with E-state index in [2.05, 4.69) is 4.72 Å². The molecule has 3 nitrogen and oxygen atoms in total. The van der Waals surface area contributed by atoms with Gasteiger partial charge in [-0.3, -0.25) is 4.72 Å². The van der Waals surface area contributed by atoms with Crippen LogP contribution in [0.5, 0.6) is 0 Å². The molecule has 0 bridgehead atoms. The van der Waals surface area contributed by atoms with Gasteiger partial charge in [0, 0.05) is 15.3 Å². The van der Waals surface area contributed by atoms with Crippen LogP contribution in [0.4, 0.5) is 5.69 Å². The van der Waals surface area contributed by atoms with Crippen LogP contribution in [-0.4, -0.2) is 14.7 Å². The van der Waals surface area contributed by atoms with E-state index >= 15 is 0 Å². The van der Waals surface area contributed by atoms with E-state index in [1.54, 1.807) is 17.4 Å². The van der Waals surface area contributed by atoms with E-state index < -0.39 is 10.0 Å². The second-order valence-corrected chi connectivity index (χ2v) is 7.37. The van der Waals surface area contributed by atoms with Gasteiger partial charge in [-0.1, -0.05) is 11.6 Å². The highest BCUT2D eigenvalue weighted by molar-refractivity contribution is 7.92. The molecule has 0 atom stereocenters. The molecule has 0 radical (unpaired) electrons. The Hall–Kier alpha value is -1.33. The van der Waals surface area contributed by atoms with Crippen LogP contribution < -0.4 is 4.72 Å². The Morgan fingerprint density at radius 2 is 1.83 bits per heavy atom. The van der Waals surface area contributed by atoms with E-state index in [4.69, 9.17) is 0 Å². The summed E-state index contributed by atoms with van der Waals surface area (Å²) < 4.78 is 25.3. The second-order valence-electron chi connectivity index (χ2n) is 4.33. The van der Waals surface area contributed by atoms with Gasteiger partial charge in [0.05, 0.1) is 11.9 Å². The molecule has 1 heterocycles. The third-order valence-electron chi connectivity index (χ3n) is 2.48. The summed E-state index contributed by atoms with van der Waals surface area (Å²) in [6.07, 6.45) is 1.16. The van der Waals surface area contributed by atoms with Gasteiger partial charge in [0.25, 0.3) is 0 Å². The summed E-state index contributed by atoms with van der Waals surface area (Å²) in [5.74, 6) is 0. The maximum absolute atomic E-state index is 11.4. The van der Waals surface area contributed by atoms with Gasteiger partial charge in [0.15, 0.2) is 0 Å². The van der Waals surface area contributed by atoms with Gasteiger partial charge in [0.2, 0.25) is 10.0 Å². The quantitative estimate of drug-likeness (QED) is 0.937. The van der Waals surface area contributed by atoms with Gasteiger partial charge in [0.1, 0.15) is 0 Å². The van der Waals surface area contributed by atoms with E-state index in [-0.39, 0.29) is 0 Å². The monoisotopic (exact) mass is 281 g/mol. The van der Waals surface area contributed by atoms with Gasteiger partial charge in [-0.2, -0.15) is 0 Å². The first-order chi connectivity index (χ1) is 8.35. The average molecular weight is 281 g/mol. The van der Waals surface area contributed by atoms with Crippen molar-refractivity contribution in [3.05, 3.63) is 40.8 Å². The molecule has 2 rings (SSSR count). The number of nitrogens with one attached hydrogen (secondary N) is 1. The van der Waals surface area contributed by atoms with Crippen LogP contribution in [0, 0.1) is 13.8 Å². The van der Waals surface area contributed by atoms with E-state index in [1.807, 2.05) is 38.1 Å². The lowest BCUT2D eigenvalue weighted by molar-refractivity contribution is 0.607. The molecule has 0 amide bonds. The fraction of sp³-hybridized carbons (Fsp3) is 0.231. The number of rotatable bonds is 3. The van der Waals surface area contributed by atoms with Gasteiger partial charge < -0.3 is 0 Å². The van der Waals surface area contributed by atoms with Crippen molar-refractivity contribution in [2.75, 3.05) is 11.0 Å². The molecule has 5 heteroatoms. The lowest BCUT2D eigenvalue weighted by Gasteiger charge is -2.10. The summed E-state index contributed by atoms with van der Waals surface area (Å²) in [7, 11) is -3.26. The minimum absolute atomic E-state index is 0.630. The van der Waals surface area contributed by atoms with Crippen molar-refractivity contribution in [1.82, 2.24) is 0 Å². The zero-order chi connectivity index (χ0) is 13.3. The summed E-state index contributed by atoms with van der Waals surface area (Å²) in [6.45, 7) is 4.03. The molecule has 96 valence electrons. The summed E-state index contributed by atoms with van der Waals surface area (Å²) >= 11 is 1.65. The Labute approximate surface area is 112 Å². The highest BCUT2D eigenvalue weighted by Gasteiger charge is 2.10. The molecular weight excluding hydrogens is 266 g/mol. The third kappa shape index (κ3) is 3.11. The normalized spacial score (nSPS) is 11.5. The lowest BCUT2D eigenvalue weighted by Crippen LogP contribution is -2.10. The van der Waals surface area contributed by atoms with E-state index in [1.165, 1.54) is 4.88 Å². The minimum Gasteiger partial charge on any atom is -0.283 e. The Morgan fingerprint density at radius 1 is 1.11 bits per heavy atom. The number of benzene rings is 1. The Balaban J connectivity index is 2.54. The van der Waals surface area contributed by atoms with Crippen LogP contribution in [0.15, 0.2) is 30.3 Å². The van der Waals surface area contributed by atoms with Gasteiger partial charge in [-0.05, 0) is 38.1 Å². The average Bonchev–Trinajstić information content (AvgIpc) is 2.65. The summed E-state index contributed by atoms with van der Waals surface area (Å²) in [5, 5.41) is 0. The standard InChI is InChI=1S/C13H15NO2S2/c1-9-4-6-12(14-18(3,15)16)11(8-9)13-7-5-10(2)17-13/h4-8,14H,1-3H3. The predicted molar refractivity (Wildman–Crippen MR) is 77.7 cm³/mol. The highest BCUT2D eigenvalue weighted by Crippen LogP contribution is 2.34. The molecule has 0 aliphatic rings. The van der Waals surface area contributed by atoms with Crippen molar-refractivity contribution in [2.45, 2.75) is 13.8 Å². The SMILES string of the molecule is Cc1ccc(NS(C)(=O)=O)c(-c2ccc(C)s2)c1. The fourth-order valence-electron chi connectivity index (χ4n) is 1.73. The summed E-state index contributed by atoms with van der Waals surface area (Å²) in [5.41, 5.74) is 2.67. The number of aryl methyl sites for hydroxylation is 2. The topological polar surface area (TPSA) is 46.2 Å². The van der Waals surface area contributed by atoms with E-state index in [9.17, 15) is 8.42 Å². The Kier molecular flexibility index (Phi) is 3.45. The molecule has 0 spiro atoms. The number of hydrogen-bond acceptors (Lipinski definition) is 3. The lowest BCUT2D eigenvalue weighted by atomic mass is 10.1. The smallest absolute Gasteiger partial charge is 0.229 e. The molecule has 0 fully saturated rings. The fourth-order valence-corrected chi connectivity index (χ4v) is 3.21.